The number of aliphatic carboxylic acids is 1. The van der Waals surface area contributed by atoms with Gasteiger partial charge < -0.3 is 21.1 Å². The van der Waals surface area contributed by atoms with Gasteiger partial charge in [0.25, 0.3) is 0 Å². The summed E-state index contributed by atoms with van der Waals surface area (Å²) in [5, 5.41) is 11.1. The van der Waals surface area contributed by atoms with E-state index in [1.807, 2.05) is 0 Å². The molecule has 6 heteroatoms. The Morgan fingerprint density at radius 3 is 2.60 bits per heavy atom. The molecule has 0 unspecified atom stereocenters. The standard InChI is InChI=1S/C9H19N3O3/c1-12(7-2-4-8(13)14)9(15)11-6-3-5-10/h2-7,10H2,1H3,(H,11,15)(H,13,14). The molecule has 0 fully saturated rings. The lowest BCUT2D eigenvalue weighted by Gasteiger charge is -2.17. The Morgan fingerprint density at radius 1 is 1.40 bits per heavy atom. The molecule has 0 aromatic carbocycles. The number of nitrogens with one attached hydrogen (secondary N) is 1. The van der Waals surface area contributed by atoms with Gasteiger partial charge in [0.1, 0.15) is 0 Å². The number of hydrogen-bond acceptors (Lipinski definition) is 3. The predicted molar refractivity (Wildman–Crippen MR) is 56.6 cm³/mol. The first-order valence-corrected chi connectivity index (χ1v) is 4.98. The molecule has 0 spiro atoms. The summed E-state index contributed by atoms with van der Waals surface area (Å²) in [5.74, 6) is -0.841. The Kier molecular flexibility index (Phi) is 7.35. The molecule has 0 atom stereocenters. The molecule has 0 aromatic heterocycles. The van der Waals surface area contributed by atoms with Gasteiger partial charge in [0.15, 0.2) is 0 Å². The molecule has 0 rings (SSSR count). The molecule has 4 N–H and O–H groups in total. The second kappa shape index (κ2) is 8.05. The highest BCUT2D eigenvalue weighted by Gasteiger charge is 2.07. The van der Waals surface area contributed by atoms with Crippen molar-refractivity contribution in [3.63, 3.8) is 0 Å². The van der Waals surface area contributed by atoms with Crippen LogP contribution in [0, 0.1) is 0 Å². The van der Waals surface area contributed by atoms with Crippen molar-refractivity contribution < 1.29 is 14.7 Å². The highest BCUT2D eigenvalue weighted by Crippen LogP contribution is 1.93. The lowest BCUT2D eigenvalue weighted by Crippen LogP contribution is -2.38. The molecular weight excluding hydrogens is 198 g/mol. The van der Waals surface area contributed by atoms with Gasteiger partial charge in [-0.15, -0.1) is 0 Å². The predicted octanol–water partition coefficient (Wildman–Crippen LogP) is -0.159. The minimum Gasteiger partial charge on any atom is -0.481 e. The maximum atomic E-state index is 11.3. The lowest BCUT2D eigenvalue weighted by atomic mass is 10.3. The molecule has 0 bridgehead atoms. The summed E-state index contributed by atoms with van der Waals surface area (Å²) in [6.45, 7) is 1.54. The number of rotatable bonds is 7. The number of urea groups is 1. The number of carbonyl (C=O) groups excluding carboxylic acids is 1. The van der Waals surface area contributed by atoms with E-state index in [9.17, 15) is 9.59 Å². The molecule has 0 heterocycles. The van der Waals surface area contributed by atoms with Gasteiger partial charge in [-0.3, -0.25) is 4.79 Å². The summed E-state index contributed by atoms with van der Waals surface area (Å²) in [6.07, 6.45) is 1.30. The average molecular weight is 217 g/mol. The summed E-state index contributed by atoms with van der Waals surface area (Å²) >= 11 is 0. The minimum atomic E-state index is -0.841. The van der Waals surface area contributed by atoms with E-state index in [-0.39, 0.29) is 12.5 Å². The summed E-state index contributed by atoms with van der Waals surface area (Å²) in [7, 11) is 1.64. The van der Waals surface area contributed by atoms with Crippen LogP contribution in [0.2, 0.25) is 0 Å². The van der Waals surface area contributed by atoms with E-state index in [2.05, 4.69) is 5.32 Å². The van der Waals surface area contributed by atoms with Crippen molar-refractivity contribution in [2.24, 2.45) is 5.73 Å². The highest BCUT2D eigenvalue weighted by atomic mass is 16.4. The quantitative estimate of drug-likeness (QED) is 0.516. The number of nitrogens with zero attached hydrogens (tertiary/aromatic N) is 1. The molecule has 0 aromatic rings. The Morgan fingerprint density at radius 2 is 2.07 bits per heavy atom. The summed E-state index contributed by atoms with van der Waals surface area (Å²) in [5.41, 5.74) is 5.27. The summed E-state index contributed by atoms with van der Waals surface area (Å²) in [4.78, 5) is 23.0. The Labute approximate surface area is 89.4 Å². The van der Waals surface area contributed by atoms with Gasteiger partial charge in [-0.25, -0.2) is 4.79 Å². The number of nitrogens with two attached hydrogens (primary N) is 1. The Bertz CT molecular complexity index is 209. The molecular formula is C9H19N3O3. The second-order valence-electron chi connectivity index (χ2n) is 3.29. The van der Waals surface area contributed by atoms with Crippen molar-refractivity contribution in [2.75, 3.05) is 26.7 Å². The largest absolute Gasteiger partial charge is 0.481 e. The van der Waals surface area contributed by atoms with E-state index in [1.54, 1.807) is 7.05 Å². The molecule has 0 aliphatic heterocycles. The van der Waals surface area contributed by atoms with Crippen LogP contribution >= 0.6 is 0 Å². The Balaban J connectivity index is 3.55. The molecule has 6 nitrogen and oxygen atoms in total. The van der Waals surface area contributed by atoms with Crippen molar-refractivity contribution in [2.45, 2.75) is 19.3 Å². The third kappa shape index (κ3) is 7.75. The fourth-order valence-electron chi connectivity index (χ4n) is 1.00. The molecule has 0 aliphatic carbocycles. The maximum Gasteiger partial charge on any atom is 0.317 e. The highest BCUT2D eigenvalue weighted by molar-refractivity contribution is 5.73. The average Bonchev–Trinajstić information content (AvgIpc) is 2.17. The number of carboxylic acids is 1. The maximum absolute atomic E-state index is 11.3. The zero-order valence-corrected chi connectivity index (χ0v) is 9.03. The molecule has 2 amide bonds. The van der Waals surface area contributed by atoms with Gasteiger partial charge in [-0.05, 0) is 19.4 Å². The van der Waals surface area contributed by atoms with Crippen LogP contribution in [0.4, 0.5) is 4.79 Å². The fourth-order valence-corrected chi connectivity index (χ4v) is 1.00. The van der Waals surface area contributed by atoms with E-state index in [0.29, 0.717) is 26.1 Å². The number of amides is 2. The van der Waals surface area contributed by atoms with E-state index in [4.69, 9.17) is 10.8 Å². The molecule has 0 saturated heterocycles. The van der Waals surface area contributed by atoms with Gasteiger partial charge >= 0.3 is 12.0 Å². The van der Waals surface area contributed by atoms with Gasteiger partial charge in [0.2, 0.25) is 0 Å². The van der Waals surface area contributed by atoms with E-state index in [0.717, 1.165) is 6.42 Å². The van der Waals surface area contributed by atoms with Crippen LogP contribution in [-0.4, -0.2) is 48.7 Å². The van der Waals surface area contributed by atoms with E-state index < -0.39 is 5.97 Å². The summed E-state index contributed by atoms with van der Waals surface area (Å²) < 4.78 is 0. The number of hydrogen-bond donors (Lipinski definition) is 3. The topological polar surface area (TPSA) is 95.7 Å². The van der Waals surface area contributed by atoms with Crippen molar-refractivity contribution >= 4 is 12.0 Å². The lowest BCUT2D eigenvalue weighted by molar-refractivity contribution is -0.137. The summed E-state index contributed by atoms with van der Waals surface area (Å²) in [6, 6.07) is -0.186. The first-order chi connectivity index (χ1) is 7.07. The van der Waals surface area contributed by atoms with Crippen molar-refractivity contribution in [3.8, 4) is 0 Å². The number of carbonyl (C=O) groups is 2. The van der Waals surface area contributed by atoms with Crippen LogP contribution in [0.1, 0.15) is 19.3 Å². The van der Waals surface area contributed by atoms with Crippen LogP contribution < -0.4 is 11.1 Å². The van der Waals surface area contributed by atoms with E-state index >= 15 is 0 Å². The molecule has 0 aliphatic rings. The van der Waals surface area contributed by atoms with Gasteiger partial charge in [-0.2, -0.15) is 0 Å². The van der Waals surface area contributed by atoms with Gasteiger partial charge in [0.05, 0.1) is 0 Å². The molecule has 88 valence electrons. The van der Waals surface area contributed by atoms with Gasteiger partial charge in [-0.1, -0.05) is 0 Å². The van der Waals surface area contributed by atoms with Crippen molar-refractivity contribution in [3.05, 3.63) is 0 Å². The first kappa shape index (κ1) is 13.7. The van der Waals surface area contributed by atoms with Crippen LogP contribution in [0.3, 0.4) is 0 Å². The third-order valence-electron chi connectivity index (χ3n) is 1.89. The normalized spacial score (nSPS) is 9.73. The zero-order chi connectivity index (χ0) is 11.7. The number of carboxylic acid groups (broad SMARTS) is 1. The Hall–Kier alpha value is -1.30. The van der Waals surface area contributed by atoms with E-state index in [1.165, 1.54) is 4.90 Å². The third-order valence-corrected chi connectivity index (χ3v) is 1.89. The van der Waals surface area contributed by atoms with Gasteiger partial charge in [0, 0.05) is 26.6 Å². The monoisotopic (exact) mass is 217 g/mol. The van der Waals surface area contributed by atoms with Crippen LogP contribution in [0.5, 0.6) is 0 Å². The van der Waals surface area contributed by atoms with Crippen LogP contribution in [0.15, 0.2) is 0 Å². The minimum absolute atomic E-state index is 0.0838. The SMILES string of the molecule is CN(CCCC(=O)O)C(=O)NCCCN. The fraction of sp³-hybridized carbons (Fsp3) is 0.778. The van der Waals surface area contributed by atoms with Crippen LogP contribution in [-0.2, 0) is 4.79 Å². The molecule has 15 heavy (non-hydrogen) atoms. The second-order valence-corrected chi connectivity index (χ2v) is 3.29. The first-order valence-electron chi connectivity index (χ1n) is 4.98. The smallest absolute Gasteiger partial charge is 0.317 e. The van der Waals surface area contributed by atoms with Crippen molar-refractivity contribution in [1.29, 1.82) is 0 Å². The molecule has 0 radical (unpaired) electrons. The molecule has 0 saturated carbocycles. The van der Waals surface area contributed by atoms with Crippen molar-refractivity contribution in [1.82, 2.24) is 10.2 Å². The zero-order valence-electron chi connectivity index (χ0n) is 9.03. The van der Waals surface area contributed by atoms with Crippen LogP contribution in [0.25, 0.3) is 0 Å².